The van der Waals surface area contributed by atoms with Crippen LogP contribution in [0.4, 0.5) is 0 Å². The molecule has 6 rings (SSSR count). The van der Waals surface area contributed by atoms with Crippen molar-refractivity contribution in [1.29, 1.82) is 0 Å². The Balaban J connectivity index is 1.48. The molecule has 0 saturated carbocycles. The number of ether oxygens (including phenoxy) is 5. The average Bonchev–Trinajstić information content (AvgIpc) is 3.38. The molecule has 0 saturated heterocycles. The van der Waals surface area contributed by atoms with Gasteiger partial charge in [-0.05, 0) is 48.4 Å². The van der Waals surface area contributed by atoms with Gasteiger partial charge in [-0.25, -0.2) is 0 Å². The molecule has 4 aliphatic rings. The van der Waals surface area contributed by atoms with E-state index in [-0.39, 0.29) is 25.7 Å². The molecule has 0 radical (unpaired) electrons. The Morgan fingerprint density at radius 1 is 0.963 bits per heavy atom. The van der Waals surface area contributed by atoms with Gasteiger partial charge in [-0.15, -0.1) is 0 Å². The molecule has 4 heterocycles. The van der Waals surface area contributed by atoms with Gasteiger partial charge in [-0.2, -0.15) is 0 Å². The van der Waals surface area contributed by atoms with E-state index >= 15 is 0 Å². The number of hydrogen-bond donors (Lipinski definition) is 1. The normalized spacial score (nSPS) is 27.6. The second-order valence-electron chi connectivity index (χ2n) is 7.29. The van der Waals surface area contributed by atoms with Crippen LogP contribution in [0.3, 0.4) is 0 Å². The van der Waals surface area contributed by atoms with Gasteiger partial charge in [0.2, 0.25) is 13.6 Å². The molecule has 3 atom stereocenters. The van der Waals surface area contributed by atoms with Crippen LogP contribution < -0.4 is 18.9 Å². The third-order valence-corrected chi connectivity index (χ3v) is 5.89. The fourth-order valence-corrected chi connectivity index (χ4v) is 4.60. The zero-order chi connectivity index (χ0) is 18.1. The summed E-state index contributed by atoms with van der Waals surface area (Å²) < 4.78 is 28.2. The van der Waals surface area contributed by atoms with Crippen LogP contribution in [-0.4, -0.2) is 37.2 Å². The topological polar surface area (TPSA) is 69.6 Å². The lowest BCUT2D eigenvalue weighted by Gasteiger charge is -2.38. The maximum absolute atomic E-state index is 10.6. The highest BCUT2D eigenvalue weighted by atomic mass is 16.7. The maximum atomic E-state index is 10.6. The minimum absolute atomic E-state index is 0.0421. The zero-order valence-electron chi connectivity index (χ0n) is 14.8. The summed E-state index contributed by atoms with van der Waals surface area (Å²) in [5, 5.41) is 10.6. The summed E-state index contributed by atoms with van der Waals surface area (Å²) in [6.07, 6.45) is -0.411. The smallest absolute Gasteiger partial charge is 0.231 e. The van der Waals surface area contributed by atoms with E-state index in [2.05, 4.69) is 24.1 Å². The molecule has 140 valence electrons. The third kappa shape index (κ3) is 2.13. The Morgan fingerprint density at radius 3 is 2.63 bits per heavy atom. The van der Waals surface area contributed by atoms with Crippen LogP contribution in [0.2, 0.25) is 0 Å². The molecule has 2 aromatic rings. The van der Waals surface area contributed by atoms with E-state index in [1.165, 1.54) is 5.56 Å². The van der Waals surface area contributed by atoms with E-state index in [4.69, 9.17) is 23.7 Å². The van der Waals surface area contributed by atoms with Gasteiger partial charge in [-0.1, -0.05) is 6.07 Å². The van der Waals surface area contributed by atoms with Gasteiger partial charge in [0, 0.05) is 6.54 Å². The molecule has 0 aliphatic carbocycles. The van der Waals surface area contributed by atoms with E-state index in [9.17, 15) is 5.11 Å². The van der Waals surface area contributed by atoms with Crippen molar-refractivity contribution >= 4 is 0 Å². The lowest BCUT2D eigenvalue weighted by molar-refractivity contribution is -0.142. The minimum atomic E-state index is -1.03. The van der Waals surface area contributed by atoms with E-state index in [1.54, 1.807) is 0 Å². The molecule has 27 heavy (non-hydrogen) atoms. The van der Waals surface area contributed by atoms with Crippen LogP contribution in [0, 0.1) is 0 Å². The third-order valence-electron chi connectivity index (χ3n) is 5.89. The number of aliphatic hydroxyl groups excluding tert-OH is 1. The van der Waals surface area contributed by atoms with Crippen LogP contribution in [0.15, 0.2) is 24.3 Å². The molecule has 0 fully saturated rings. The summed E-state index contributed by atoms with van der Waals surface area (Å²) in [6, 6.07) is 7.94. The number of aliphatic hydroxyl groups is 1. The summed E-state index contributed by atoms with van der Waals surface area (Å²) in [7, 11) is 2.08. The molecule has 0 unspecified atom stereocenters. The predicted octanol–water partition coefficient (Wildman–Crippen LogP) is 2.44. The molecule has 0 bridgehead atoms. The first-order chi connectivity index (χ1) is 13.2. The van der Waals surface area contributed by atoms with Crippen LogP contribution in [0.1, 0.15) is 40.7 Å². The van der Waals surface area contributed by atoms with Crippen LogP contribution in [0.5, 0.6) is 23.0 Å². The standard InChI is InChI=1S/C20H19NO6/c1-21-5-4-10-6-14-15(25-8-24-14)7-12(10)17(21)18-11-2-3-13-19(26-9-23-13)16(11)20(22)27-18/h2-3,6-7,17-18,20,22H,4-5,8-9H2,1H3/t17-,18-,20+/m1/s1. The van der Waals surface area contributed by atoms with Crippen LogP contribution in [0.25, 0.3) is 0 Å². The lowest BCUT2D eigenvalue weighted by Crippen LogP contribution is -2.35. The molecule has 1 N–H and O–H groups in total. The Bertz CT molecular complexity index is 945. The van der Waals surface area contributed by atoms with Crippen molar-refractivity contribution in [3.8, 4) is 23.0 Å². The van der Waals surface area contributed by atoms with E-state index in [0.29, 0.717) is 17.1 Å². The van der Waals surface area contributed by atoms with Gasteiger partial charge in [0.05, 0.1) is 11.6 Å². The number of likely N-dealkylation sites (N-methyl/N-ethyl adjacent to an activating group) is 1. The maximum Gasteiger partial charge on any atom is 0.231 e. The molecule has 0 spiro atoms. The first-order valence-corrected chi connectivity index (χ1v) is 9.09. The van der Waals surface area contributed by atoms with Crippen LogP contribution in [-0.2, 0) is 11.2 Å². The first kappa shape index (κ1) is 15.6. The van der Waals surface area contributed by atoms with Crippen molar-refractivity contribution in [2.24, 2.45) is 0 Å². The summed E-state index contributed by atoms with van der Waals surface area (Å²) in [5.74, 6) is 2.80. The highest BCUT2D eigenvalue weighted by Crippen LogP contribution is 2.54. The highest BCUT2D eigenvalue weighted by Gasteiger charge is 2.44. The van der Waals surface area contributed by atoms with Crippen molar-refractivity contribution in [2.45, 2.75) is 24.9 Å². The Kier molecular flexibility index (Phi) is 3.18. The van der Waals surface area contributed by atoms with Crippen molar-refractivity contribution in [3.63, 3.8) is 0 Å². The van der Waals surface area contributed by atoms with Gasteiger partial charge >= 0.3 is 0 Å². The summed E-state index contributed by atoms with van der Waals surface area (Å²) in [4.78, 5) is 2.27. The minimum Gasteiger partial charge on any atom is -0.454 e. The monoisotopic (exact) mass is 369 g/mol. The van der Waals surface area contributed by atoms with Gasteiger partial charge in [0.1, 0.15) is 6.10 Å². The molecular formula is C20H19NO6. The fourth-order valence-electron chi connectivity index (χ4n) is 4.60. The summed E-state index contributed by atoms with van der Waals surface area (Å²) in [5.41, 5.74) is 4.00. The number of nitrogens with zero attached hydrogens (tertiary/aromatic N) is 1. The second kappa shape index (κ2) is 5.51. The fraction of sp³-hybridized carbons (Fsp3) is 0.400. The van der Waals surface area contributed by atoms with Crippen LogP contribution >= 0.6 is 0 Å². The highest BCUT2D eigenvalue weighted by molar-refractivity contribution is 5.56. The van der Waals surface area contributed by atoms with Gasteiger partial charge in [-0.3, -0.25) is 4.90 Å². The SMILES string of the molecule is CN1CCc2cc3c(cc2[C@@H]1[C@@H]1O[C@H](O)c2c1ccc1c2OCO1)OCO3. The van der Waals surface area contributed by atoms with Crippen molar-refractivity contribution in [3.05, 3.63) is 46.5 Å². The Hall–Kier alpha value is -2.48. The number of rotatable bonds is 1. The van der Waals surface area contributed by atoms with Gasteiger partial charge < -0.3 is 28.8 Å². The Labute approximate surface area is 156 Å². The van der Waals surface area contributed by atoms with Crippen molar-refractivity contribution in [2.75, 3.05) is 27.2 Å². The van der Waals surface area contributed by atoms with Gasteiger partial charge in [0.15, 0.2) is 29.3 Å². The number of fused-ring (bicyclic) bond motifs is 5. The number of benzene rings is 2. The van der Waals surface area contributed by atoms with E-state index in [0.717, 1.165) is 35.6 Å². The quantitative estimate of drug-likeness (QED) is 0.828. The predicted molar refractivity (Wildman–Crippen MR) is 93.0 cm³/mol. The molecule has 0 amide bonds. The molecular weight excluding hydrogens is 350 g/mol. The number of hydrogen-bond acceptors (Lipinski definition) is 7. The molecule has 2 aromatic carbocycles. The molecule has 7 nitrogen and oxygen atoms in total. The molecule has 4 aliphatic heterocycles. The molecule has 7 heteroatoms. The summed E-state index contributed by atoms with van der Waals surface area (Å²) >= 11 is 0. The zero-order valence-corrected chi connectivity index (χ0v) is 14.8. The second-order valence-corrected chi connectivity index (χ2v) is 7.29. The molecule has 0 aromatic heterocycles. The largest absolute Gasteiger partial charge is 0.454 e. The first-order valence-electron chi connectivity index (χ1n) is 9.09. The van der Waals surface area contributed by atoms with E-state index in [1.807, 2.05) is 12.1 Å². The average molecular weight is 369 g/mol. The van der Waals surface area contributed by atoms with Crippen molar-refractivity contribution < 1.29 is 28.8 Å². The summed E-state index contributed by atoms with van der Waals surface area (Å²) in [6.45, 7) is 1.32. The van der Waals surface area contributed by atoms with Crippen molar-refractivity contribution in [1.82, 2.24) is 4.90 Å². The van der Waals surface area contributed by atoms with E-state index < -0.39 is 6.29 Å². The van der Waals surface area contributed by atoms with Gasteiger partial charge in [0.25, 0.3) is 0 Å². The Morgan fingerprint density at radius 2 is 1.74 bits per heavy atom. The lowest BCUT2D eigenvalue weighted by atomic mass is 9.86.